The number of hydrogen-bond donors (Lipinski definition) is 0. The molecule has 1 aliphatic rings. The Morgan fingerprint density at radius 2 is 1.93 bits per heavy atom. The first-order valence-electron chi connectivity index (χ1n) is 5.51. The van der Waals surface area contributed by atoms with Gasteiger partial charge >= 0.3 is 0 Å². The molecule has 15 heavy (non-hydrogen) atoms. The van der Waals surface area contributed by atoms with Crippen molar-refractivity contribution in [1.82, 2.24) is 0 Å². The van der Waals surface area contributed by atoms with Gasteiger partial charge in [-0.3, -0.25) is 0 Å². The fourth-order valence-electron chi connectivity index (χ4n) is 2.37. The summed E-state index contributed by atoms with van der Waals surface area (Å²) in [7, 11) is 0. The molecule has 0 aromatic heterocycles. The highest BCUT2D eigenvalue weighted by atomic mass is 19.1. The first kappa shape index (κ1) is 10.2. The Labute approximate surface area is 89.5 Å². The van der Waals surface area contributed by atoms with Crippen molar-refractivity contribution in [2.45, 2.75) is 38.0 Å². The summed E-state index contributed by atoms with van der Waals surface area (Å²) in [6.45, 7) is 0. The molecule has 0 atom stereocenters. The first-order valence-corrected chi connectivity index (χ1v) is 5.51. The average molecular weight is 203 g/mol. The second kappa shape index (κ2) is 4.44. The van der Waals surface area contributed by atoms with Gasteiger partial charge in [0.25, 0.3) is 0 Å². The molecule has 0 unspecified atom stereocenters. The summed E-state index contributed by atoms with van der Waals surface area (Å²) in [5, 5.41) is 8.75. The highest BCUT2D eigenvalue weighted by Crippen LogP contribution is 2.34. The summed E-state index contributed by atoms with van der Waals surface area (Å²) in [5.74, 6) is 0.0268. The van der Waals surface area contributed by atoms with Gasteiger partial charge < -0.3 is 0 Å². The minimum atomic E-state index is -0.299. The molecule has 2 rings (SSSR count). The summed E-state index contributed by atoms with van der Waals surface area (Å²) in [6, 6.07) is 7.05. The first-order chi connectivity index (χ1) is 7.33. The molecule has 78 valence electrons. The molecule has 1 aliphatic carbocycles. The second-order valence-electron chi connectivity index (χ2n) is 4.16. The Kier molecular flexibility index (Phi) is 3.01. The molecule has 0 radical (unpaired) electrons. The van der Waals surface area contributed by atoms with Crippen LogP contribution in [0.15, 0.2) is 18.2 Å². The number of nitriles is 1. The number of benzene rings is 1. The fourth-order valence-corrected chi connectivity index (χ4v) is 2.37. The third-order valence-electron chi connectivity index (χ3n) is 3.19. The molecule has 0 spiro atoms. The van der Waals surface area contributed by atoms with Crippen LogP contribution in [0.25, 0.3) is 0 Å². The number of halogens is 1. The van der Waals surface area contributed by atoms with Crippen LogP contribution in [0.4, 0.5) is 4.39 Å². The van der Waals surface area contributed by atoms with Crippen LogP contribution in [0.5, 0.6) is 0 Å². The van der Waals surface area contributed by atoms with Crippen molar-refractivity contribution in [3.63, 3.8) is 0 Å². The van der Waals surface area contributed by atoms with Gasteiger partial charge in [-0.25, -0.2) is 4.39 Å². The van der Waals surface area contributed by atoms with E-state index in [4.69, 9.17) is 5.26 Å². The molecule has 1 aromatic carbocycles. The van der Waals surface area contributed by atoms with E-state index >= 15 is 0 Å². The van der Waals surface area contributed by atoms with Gasteiger partial charge in [-0.05, 0) is 30.4 Å². The molecular formula is C13H14FN. The minimum Gasteiger partial charge on any atom is -0.205 e. The summed E-state index contributed by atoms with van der Waals surface area (Å²) in [5.41, 5.74) is 0.923. The molecular weight excluding hydrogens is 189 g/mol. The highest BCUT2D eigenvalue weighted by molar-refractivity contribution is 5.36. The summed E-state index contributed by atoms with van der Waals surface area (Å²) in [4.78, 5) is 0. The molecule has 1 fully saturated rings. The van der Waals surface area contributed by atoms with Crippen LogP contribution in [0.1, 0.15) is 49.1 Å². The number of rotatable bonds is 1. The van der Waals surface area contributed by atoms with Crippen LogP contribution in [-0.4, -0.2) is 0 Å². The maximum absolute atomic E-state index is 13.8. The van der Waals surface area contributed by atoms with Gasteiger partial charge in [0.1, 0.15) is 11.9 Å². The minimum absolute atomic E-state index is 0.179. The molecule has 0 aliphatic heterocycles. The molecule has 0 bridgehead atoms. The molecule has 0 saturated heterocycles. The molecule has 2 heteroatoms. The van der Waals surface area contributed by atoms with Crippen molar-refractivity contribution >= 4 is 0 Å². The average Bonchev–Trinajstić information content (AvgIpc) is 2.30. The van der Waals surface area contributed by atoms with E-state index in [0.29, 0.717) is 5.92 Å². The summed E-state index contributed by atoms with van der Waals surface area (Å²) >= 11 is 0. The van der Waals surface area contributed by atoms with Gasteiger partial charge in [0.2, 0.25) is 0 Å². The predicted octanol–water partition coefficient (Wildman–Crippen LogP) is 3.75. The third kappa shape index (κ3) is 2.02. The lowest BCUT2D eigenvalue weighted by Gasteiger charge is -2.22. The van der Waals surface area contributed by atoms with Crippen molar-refractivity contribution in [2.75, 3.05) is 0 Å². The fraction of sp³-hybridized carbons (Fsp3) is 0.462. The van der Waals surface area contributed by atoms with E-state index in [9.17, 15) is 4.39 Å². The lowest BCUT2D eigenvalue weighted by atomic mass is 9.83. The second-order valence-corrected chi connectivity index (χ2v) is 4.16. The van der Waals surface area contributed by atoms with E-state index in [1.54, 1.807) is 12.1 Å². The third-order valence-corrected chi connectivity index (χ3v) is 3.19. The predicted molar refractivity (Wildman–Crippen MR) is 56.9 cm³/mol. The standard InChI is InChI=1S/C13H14FN/c14-13-11(9-15)7-4-8-12(13)10-5-2-1-3-6-10/h4,7-8,10H,1-3,5-6H2. The van der Waals surface area contributed by atoms with Crippen molar-refractivity contribution in [2.24, 2.45) is 0 Å². The van der Waals surface area contributed by atoms with Crippen molar-refractivity contribution in [3.8, 4) is 6.07 Å². The lowest BCUT2D eigenvalue weighted by molar-refractivity contribution is 0.429. The maximum atomic E-state index is 13.8. The van der Waals surface area contributed by atoms with Gasteiger partial charge in [0.15, 0.2) is 0 Å². The van der Waals surface area contributed by atoms with Crippen LogP contribution in [-0.2, 0) is 0 Å². The SMILES string of the molecule is N#Cc1cccc(C2CCCCC2)c1F. The smallest absolute Gasteiger partial charge is 0.144 e. The lowest BCUT2D eigenvalue weighted by Crippen LogP contribution is -2.07. The Balaban J connectivity index is 2.31. The van der Waals surface area contributed by atoms with Crippen molar-refractivity contribution in [3.05, 3.63) is 35.1 Å². The van der Waals surface area contributed by atoms with E-state index in [1.165, 1.54) is 19.3 Å². The van der Waals surface area contributed by atoms with Crippen molar-refractivity contribution in [1.29, 1.82) is 5.26 Å². The Morgan fingerprint density at radius 3 is 2.60 bits per heavy atom. The zero-order valence-corrected chi connectivity index (χ0v) is 8.67. The molecule has 0 amide bonds. The van der Waals surface area contributed by atoms with Gasteiger partial charge in [-0.15, -0.1) is 0 Å². The van der Waals surface area contributed by atoms with Crippen LogP contribution < -0.4 is 0 Å². The van der Waals surface area contributed by atoms with E-state index in [2.05, 4.69) is 0 Å². The molecule has 0 heterocycles. The molecule has 0 N–H and O–H groups in total. The van der Waals surface area contributed by atoms with Gasteiger partial charge in [0, 0.05) is 0 Å². The molecule has 1 aromatic rings. The van der Waals surface area contributed by atoms with Gasteiger partial charge in [-0.2, -0.15) is 5.26 Å². The van der Waals surface area contributed by atoms with Gasteiger partial charge in [0.05, 0.1) is 5.56 Å². The van der Waals surface area contributed by atoms with Crippen molar-refractivity contribution < 1.29 is 4.39 Å². The van der Waals surface area contributed by atoms with E-state index in [1.807, 2.05) is 12.1 Å². The quantitative estimate of drug-likeness (QED) is 0.682. The zero-order chi connectivity index (χ0) is 10.7. The molecule has 1 nitrogen and oxygen atoms in total. The Morgan fingerprint density at radius 1 is 1.20 bits per heavy atom. The summed E-state index contributed by atoms with van der Waals surface area (Å²) < 4.78 is 13.8. The van der Waals surface area contributed by atoms with E-state index in [0.717, 1.165) is 18.4 Å². The van der Waals surface area contributed by atoms with Crippen LogP contribution >= 0.6 is 0 Å². The largest absolute Gasteiger partial charge is 0.205 e. The topological polar surface area (TPSA) is 23.8 Å². The van der Waals surface area contributed by atoms with Crippen LogP contribution in [0.3, 0.4) is 0 Å². The Hall–Kier alpha value is -1.36. The zero-order valence-electron chi connectivity index (χ0n) is 8.67. The normalized spacial score (nSPS) is 17.3. The highest BCUT2D eigenvalue weighted by Gasteiger charge is 2.19. The van der Waals surface area contributed by atoms with Gasteiger partial charge in [-0.1, -0.05) is 31.4 Å². The van der Waals surface area contributed by atoms with Crippen LogP contribution in [0.2, 0.25) is 0 Å². The van der Waals surface area contributed by atoms with E-state index < -0.39 is 0 Å². The van der Waals surface area contributed by atoms with Crippen LogP contribution in [0, 0.1) is 17.1 Å². The molecule has 1 saturated carbocycles. The number of nitrogens with zero attached hydrogens (tertiary/aromatic N) is 1. The maximum Gasteiger partial charge on any atom is 0.144 e. The Bertz CT molecular complexity index is 386. The monoisotopic (exact) mass is 203 g/mol. The summed E-state index contributed by atoms with van der Waals surface area (Å²) in [6.07, 6.45) is 5.75. The van der Waals surface area contributed by atoms with E-state index in [-0.39, 0.29) is 11.4 Å². The number of hydrogen-bond acceptors (Lipinski definition) is 1.